The highest BCUT2D eigenvalue weighted by atomic mass is 16.1. The molecule has 1 aromatic carbocycles. The van der Waals surface area contributed by atoms with E-state index >= 15 is 0 Å². The fraction of sp³-hybridized carbons (Fsp3) is 0.273. The summed E-state index contributed by atoms with van der Waals surface area (Å²) < 4.78 is 0. The van der Waals surface area contributed by atoms with Crippen LogP contribution in [-0.4, -0.2) is 23.6 Å². The molecule has 0 aromatic heterocycles. The van der Waals surface area contributed by atoms with Crippen LogP contribution in [0.25, 0.3) is 0 Å². The summed E-state index contributed by atoms with van der Waals surface area (Å²) in [5.41, 5.74) is 2.31. The average Bonchev–Trinajstić information content (AvgIpc) is 2.27. The standard InChI is InChI=1S/C11H11NO2/c13-7-11-5-9-3-1-2-4-10(9)6-12(11)8-14/h1-4,7-8,11H,5-6H2. The molecule has 1 atom stereocenters. The number of hydrogen-bond donors (Lipinski definition) is 0. The number of benzene rings is 1. The minimum atomic E-state index is -0.289. The van der Waals surface area contributed by atoms with Crippen molar-refractivity contribution in [3.05, 3.63) is 35.4 Å². The third-order valence-electron chi connectivity index (χ3n) is 2.62. The number of nitrogens with zero attached hydrogens (tertiary/aromatic N) is 1. The van der Waals surface area contributed by atoms with Crippen LogP contribution in [0.4, 0.5) is 0 Å². The van der Waals surface area contributed by atoms with Gasteiger partial charge in [0.25, 0.3) is 0 Å². The Bertz CT molecular complexity index is 327. The summed E-state index contributed by atoms with van der Waals surface area (Å²) in [5, 5.41) is 0. The van der Waals surface area contributed by atoms with E-state index in [9.17, 15) is 9.59 Å². The normalized spacial score (nSPS) is 20.0. The van der Waals surface area contributed by atoms with Crippen LogP contribution in [0.3, 0.4) is 0 Å². The van der Waals surface area contributed by atoms with E-state index in [1.807, 2.05) is 24.3 Å². The van der Waals surface area contributed by atoms with Crippen LogP contribution in [-0.2, 0) is 22.6 Å². The Hall–Kier alpha value is -1.64. The first-order chi connectivity index (χ1) is 6.85. The van der Waals surface area contributed by atoms with Crippen LogP contribution >= 0.6 is 0 Å². The zero-order valence-corrected chi connectivity index (χ0v) is 7.72. The summed E-state index contributed by atoms with van der Waals surface area (Å²) in [4.78, 5) is 23.0. The van der Waals surface area contributed by atoms with Crippen molar-refractivity contribution in [2.45, 2.75) is 19.0 Å². The number of amides is 1. The van der Waals surface area contributed by atoms with Gasteiger partial charge < -0.3 is 9.69 Å². The average molecular weight is 189 g/mol. The Morgan fingerprint density at radius 1 is 1.21 bits per heavy atom. The second-order valence-corrected chi connectivity index (χ2v) is 3.45. The Morgan fingerprint density at radius 2 is 1.93 bits per heavy atom. The van der Waals surface area contributed by atoms with Crippen LogP contribution in [0.1, 0.15) is 11.1 Å². The summed E-state index contributed by atoms with van der Waals surface area (Å²) in [5.74, 6) is 0. The molecule has 1 aliphatic rings. The zero-order chi connectivity index (χ0) is 9.97. The molecule has 0 saturated heterocycles. The van der Waals surface area contributed by atoms with E-state index < -0.39 is 0 Å². The molecule has 0 aliphatic carbocycles. The predicted octanol–water partition coefficient (Wildman–Crippen LogP) is 0.769. The Kier molecular flexibility index (Phi) is 2.31. The van der Waals surface area contributed by atoms with Crippen molar-refractivity contribution < 1.29 is 9.59 Å². The van der Waals surface area contributed by atoms with E-state index in [0.29, 0.717) is 13.0 Å². The van der Waals surface area contributed by atoms with Gasteiger partial charge in [-0.05, 0) is 11.1 Å². The largest absolute Gasteiger partial charge is 0.331 e. The number of hydrogen-bond acceptors (Lipinski definition) is 2. The first kappa shape index (κ1) is 8.94. The molecule has 14 heavy (non-hydrogen) atoms. The Labute approximate surface area is 82.3 Å². The van der Waals surface area contributed by atoms with E-state index in [0.717, 1.165) is 18.3 Å². The molecule has 1 aliphatic heterocycles. The molecule has 3 nitrogen and oxygen atoms in total. The van der Waals surface area contributed by atoms with Gasteiger partial charge in [-0.2, -0.15) is 0 Å². The van der Waals surface area contributed by atoms with Gasteiger partial charge in [0, 0.05) is 13.0 Å². The van der Waals surface area contributed by atoms with Gasteiger partial charge in [0.2, 0.25) is 6.41 Å². The van der Waals surface area contributed by atoms with Crippen molar-refractivity contribution in [3.8, 4) is 0 Å². The second kappa shape index (κ2) is 3.62. The van der Waals surface area contributed by atoms with Gasteiger partial charge in [0.1, 0.15) is 6.29 Å². The molecule has 0 N–H and O–H groups in total. The van der Waals surface area contributed by atoms with Crippen molar-refractivity contribution in [2.75, 3.05) is 0 Å². The van der Waals surface area contributed by atoms with E-state index in [1.165, 1.54) is 10.5 Å². The minimum absolute atomic E-state index is 0.289. The van der Waals surface area contributed by atoms with Gasteiger partial charge in [-0.1, -0.05) is 24.3 Å². The zero-order valence-electron chi connectivity index (χ0n) is 7.72. The molecule has 1 heterocycles. The molecule has 3 heteroatoms. The Morgan fingerprint density at radius 3 is 2.57 bits per heavy atom. The highest BCUT2D eigenvalue weighted by Gasteiger charge is 2.23. The molecule has 0 saturated carbocycles. The first-order valence-electron chi connectivity index (χ1n) is 4.58. The van der Waals surface area contributed by atoms with Crippen molar-refractivity contribution in [2.24, 2.45) is 0 Å². The van der Waals surface area contributed by atoms with E-state index in [1.54, 1.807) is 0 Å². The number of carbonyl (C=O) groups excluding carboxylic acids is 2. The summed E-state index contributed by atoms with van der Waals surface area (Å²) in [6.07, 6.45) is 2.22. The smallest absolute Gasteiger partial charge is 0.210 e. The van der Waals surface area contributed by atoms with Crippen LogP contribution in [0.5, 0.6) is 0 Å². The maximum atomic E-state index is 10.7. The molecule has 1 unspecified atom stereocenters. The molecule has 72 valence electrons. The van der Waals surface area contributed by atoms with Crippen molar-refractivity contribution in [1.82, 2.24) is 4.90 Å². The number of rotatable bonds is 2. The highest BCUT2D eigenvalue weighted by Crippen LogP contribution is 2.20. The first-order valence-corrected chi connectivity index (χ1v) is 4.58. The van der Waals surface area contributed by atoms with Crippen LogP contribution in [0.15, 0.2) is 24.3 Å². The number of carbonyl (C=O) groups is 2. The van der Waals surface area contributed by atoms with Crippen LogP contribution < -0.4 is 0 Å². The quantitative estimate of drug-likeness (QED) is 0.644. The van der Waals surface area contributed by atoms with E-state index in [2.05, 4.69) is 0 Å². The summed E-state index contributed by atoms with van der Waals surface area (Å²) in [7, 11) is 0. The van der Waals surface area contributed by atoms with Crippen LogP contribution in [0.2, 0.25) is 0 Å². The number of fused-ring (bicyclic) bond motifs is 1. The summed E-state index contributed by atoms with van der Waals surface area (Å²) >= 11 is 0. The third kappa shape index (κ3) is 1.41. The van der Waals surface area contributed by atoms with E-state index in [-0.39, 0.29) is 6.04 Å². The molecule has 1 aromatic rings. The van der Waals surface area contributed by atoms with Crippen molar-refractivity contribution in [1.29, 1.82) is 0 Å². The molecule has 0 bridgehead atoms. The predicted molar refractivity (Wildman–Crippen MR) is 51.6 cm³/mol. The van der Waals surface area contributed by atoms with Gasteiger partial charge in [0.15, 0.2) is 0 Å². The van der Waals surface area contributed by atoms with Crippen LogP contribution in [0, 0.1) is 0 Å². The van der Waals surface area contributed by atoms with Crippen molar-refractivity contribution in [3.63, 3.8) is 0 Å². The Balaban J connectivity index is 2.33. The van der Waals surface area contributed by atoms with Gasteiger partial charge in [-0.25, -0.2) is 0 Å². The number of aldehydes is 1. The lowest BCUT2D eigenvalue weighted by Gasteiger charge is -2.30. The molecule has 1 amide bonds. The maximum Gasteiger partial charge on any atom is 0.210 e. The van der Waals surface area contributed by atoms with Gasteiger partial charge in [-0.3, -0.25) is 4.79 Å². The summed E-state index contributed by atoms with van der Waals surface area (Å²) in [6, 6.07) is 7.61. The second-order valence-electron chi connectivity index (χ2n) is 3.45. The minimum Gasteiger partial charge on any atom is -0.331 e. The fourth-order valence-electron chi connectivity index (χ4n) is 1.81. The molecule has 2 rings (SSSR count). The molecule has 0 spiro atoms. The molecular weight excluding hydrogens is 178 g/mol. The van der Waals surface area contributed by atoms with Gasteiger partial charge >= 0.3 is 0 Å². The topological polar surface area (TPSA) is 37.4 Å². The van der Waals surface area contributed by atoms with Gasteiger partial charge in [0.05, 0.1) is 6.04 Å². The lowest BCUT2D eigenvalue weighted by Crippen LogP contribution is -2.40. The lowest BCUT2D eigenvalue weighted by molar-refractivity contribution is -0.126. The molecule has 0 fully saturated rings. The SMILES string of the molecule is O=CC1Cc2ccccc2CN1C=O. The monoisotopic (exact) mass is 189 g/mol. The lowest BCUT2D eigenvalue weighted by atomic mass is 9.95. The van der Waals surface area contributed by atoms with Gasteiger partial charge in [-0.15, -0.1) is 0 Å². The van der Waals surface area contributed by atoms with Crippen molar-refractivity contribution >= 4 is 12.7 Å². The summed E-state index contributed by atoms with van der Waals surface area (Å²) in [6.45, 7) is 0.545. The van der Waals surface area contributed by atoms with E-state index in [4.69, 9.17) is 0 Å². The molecular formula is C11H11NO2. The maximum absolute atomic E-state index is 10.7. The highest BCUT2D eigenvalue weighted by molar-refractivity contribution is 5.65. The fourth-order valence-corrected chi connectivity index (χ4v) is 1.81. The molecule has 0 radical (unpaired) electrons. The third-order valence-corrected chi connectivity index (χ3v) is 2.62.